The molecule has 0 unspecified atom stereocenters. The predicted molar refractivity (Wildman–Crippen MR) is 79.9 cm³/mol. The van der Waals surface area contributed by atoms with Crippen LogP contribution >= 0.6 is 0 Å². The van der Waals surface area contributed by atoms with Crippen LogP contribution in [-0.2, 0) is 6.54 Å². The molecule has 108 valence electrons. The van der Waals surface area contributed by atoms with Gasteiger partial charge in [0.2, 0.25) is 0 Å². The Morgan fingerprint density at radius 1 is 1.21 bits per heavy atom. The monoisotopic (exact) mass is 265 g/mol. The summed E-state index contributed by atoms with van der Waals surface area (Å²) in [6, 6.07) is 6.13. The average Bonchev–Trinajstić information content (AvgIpc) is 2.41. The summed E-state index contributed by atoms with van der Waals surface area (Å²) in [6.07, 6.45) is 2.28. The molecule has 0 aromatic heterocycles. The summed E-state index contributed by atoms with van der Waals surface area (Å²) in [4.78, 5) is 0. The quantitative estimate of drug-likeness (QED) is 0.692. The Balaban J connectivity index is 2.52. The molecule has 0 saturated heterocycles. The molecule has 0 aliphatic rings. The van der Waals surface area contributed by atoms with Crippen LogP contribution in [0.3, 0.4) is 0 Å². The van der Waals surface area contributed by atoms with Gasteiger partial charge in [-0.25, -0.2) is 0 Å². The highest BCUT2D eigenvalue weighted by molar-refractivity contribution is 5.42. The number of hydrogen-bond donors (Lipinski definition) is 1. The molecule has 0 atom stereocenters. The predicted octanol–water partition coefficient (Wildman–Crippen LogP) is 3.62. The van der Waals surface area contributed by atoms with Crippen LogP contribution in [0.5, 0.6) is 11.5 Å². The second-order valence-electron chi connectivity index (χ2n) is 5.15. The minimum atomic E-state index is 0.730. The Morgan fingerprint density at radius 2 is 2.00 bits per heavy atom. The van der Waals surface area contributed by atoms with E-state index in [-0.39, 0.29) is 0 Å². The van der Waals surface area contributed by atoms with Crippen molar-refractivity contribution in [2.24, 2.45) is 5.92 Å². The molecule has 0 fully saturated rings. The Bertz CT molecular complexity index is 364. The third-order valence-electron chi connectivity index (χ3n) is 2.99. The number of ether oxygens (including phenoxy) is 2. The fourth-order valence-corrected chi connectivity index (χ4v) is 1.88. The van der Waals surface area contributed by atoms with Crippen LogP contribution in [0.15, 0.2) is 18.2 Å². The molecule has 3 heteroatoms. The Labute approximate surface area is 117 Å². The zero-order chi connectivity index (χ0) is 14.1. The van der Waals surface area contributed by atoms with Crippen LogP contribution in [0.1, 0.15) is 39.2 Å². The first-order valence-electron chi connectivity index (χ1n) is 7.17. The Morgan fingerprint density at radius 3 is 2.63 bits per heavy atom. The van der Waals surface area contributed by atoms with Crippen LogP contribution < -0.4 is 14.8 Å². The van der Waals surface area contributed by atoms with Crippen LogP contribution in [0.4, 0.5) is 0 Å². The maximum atomic E-state index is 5.79. The summed E-state index contributed by atoms with van der Waals surface area (Å²) >= 11 is 0. The normalized spacial score (nSPS) is 10.8. The third kappa shape index (κ3) is 5.97. The van der Waals surface area contributed by atoms with Gasteiger partial charge in [0.15, 0.2) is 11.5 Å². The molecule has 0 aliphatic heterocycles. The first kappa shape index (κ1) is 15.8. The number of nitrogens with one attached hydrogen (secondary N) is 1. The lowest BCUT2D eigenvalue weighted by Crippen LogP contribution is -2.11. The zero-order valence-corrected chi connectivity index (χ0v) is 12.7. The van der Waals surface area contributed by atoms with E-state index in [4.69, 9.17) is 9.47 Å². The van der Waals surface area contributed by atoms with Crippen molar-refractivity contribution in [1.29, 1.82) is 0 Å². The molecule has 1 N–H and O–H groups in total. The molecule has 19 heavy (non-hydrogen) atoms. The van der Waals surface area contributed by atoms with E-state index in [0.29, 0.717) is 0 Å². The molecule has 3 nitrogen and oxygen atoms in total. The summed E-state index contributed by atoms with van der Waals surface area (Å²) in [5.41, 5.74) is 1.22. The molecule has 0 bridgehead atoms. The second kappa shape index (κ2) is 8.81. The summed E-state index contributed by atoms with van der Waals surface area (Å²) in [7, 11) is 1.69. The topological polar surface area (TPSA) is 30.5 Å². The van der Waals surface area contributed by atoms with Crippen LogP contribution in [-0.4, -0.2) is 20.3 Å². The van der Waals surface area contributed by atoms with Gasteiger partial charge >= 0.3 is 0 Å². The second-order valence-corrected chi connectivity index (χ2v) is 5.15. The van der Waals surface area contributed by atoms with E-state index in [1.807, 2.05) is 12.1 Å². The van der Waals surface area contributed by atoms with Gasteiger partial charge in [-0.3, -0.25) is 0 Å². The molecule has 1 aromatic rings. The van der Waals surface area contributed by atoms with E-state index < -0.39 is 0 Å². The standard InChI is InChI=1S/C16H27NO2/c1-5-17-12-14-8-9-15(16(11-14)18-4)19-10-6-7-13(2)3/h8-9,11,13,17H,5-7,10,12H2,1-4H3. The molecule has 0 saturated carbocycles. The van der Waals surface area contributed by atoms with Gasteiger partial charge in [0, 0.05) is 6.54 Å². The van der Waals surface area contributed by atoms with Crippen molar-refractivity contribution in [3.05, 3.63) is 23.8 Å². The van der Waals surface area contributed by atoms with Crippen LogP contribution in [0.25, 0.3) is 0 Å². The van der Waals surface area contributed by atoms with Crippen molar-refractivity contribution in [3.8, 4) is 11.5 Å². The van der Waals surface area contributed by atoms with Crippen molar-refractivity contribution < 1.29 is 9.47 Å². The van der Waals surface area contributed by atoms with Crippen molar-refractivity contribution >= 4 is 0 Å². The van der Waals surface area contributed by atoms with Gasteiger partial charge in [-0.15, -0.1) is 0 Å². The van der Waals surface area contributed by atoms with Gasteiger partial charge in [0.1, 0.15) is 0 Å². The molecule has 1 aromatic carbocycles. The van der Waals surface area contributed by atoms with E-state index in [2.05, 4.69) is 32.2 Å². The molecule has 0 amide bonds. The molecular formula is C16H27NO2. The van der Waals surface area contributed by atoms with E-state index in [1.165, 1.54) is 12.0 Å². The van der Waals surface area contributed by atoms with Gasteiger partial charge < -0.3 is 14.8 Å². The average molecular weight is 265 g/mol. The van der Waals surface area contributed by atoms with Gasteiger partial charge in [-0.05, 0) is 43.0 Å². The fraction of sp³-hybridized carbons (Fsp3) is 0.625. The SMILES string of the molecule is CCNCc1ccc(OCCCC(C)C)c(OC)c1. The van der Waals surface area contributed by atoms with E-state index in [1.54, 1.807) is 7.11 Å². The first-order chi connectivity index (χ1) is 9.17. The summed E-state index contributed by atoms with van der Waals surface area (Å²) in [5, 5.41) is 3.30. The maximum Gasteiger partial charge on any atom is 0.161 e. The lowest BCUT2D eigenvalue weighted by Gasteiger charge is -2.13. The molecule has 0 heterocycles. The highest BCUT2D eigenvalue weighted by Crippen LogP contribution is 2.28. The van der Waals surface area contributed by atoms with E-state index in [0.717, 1.165) is 43.5 Å². The largest absolute Gasteiger partial charge is 0.493 e. The molecule has 0 spiro atoms. The van der Waals surface area contributed by atoms with Gasteiger partial charge in [0.05, 0.1) is 13.7 Å². The zero-order valence-electron chi connectivity index (χ0n) is 12.7. The maximum absolute atomic E-state index is 5.79. The number of benzene rings is 1. The third-order valence-corrected chi connectivity index (χ3v) is 2.99. The van der Waals surface area contributed by atoms with E-state index in [9.17, 15) is 0 Å². The van der Waals surface area contributed by atoms with Crippen LogP contribution in [0, 0.1) is 5.92 Å². The van der Waals surface area contributed by atoms with Crippen molar-refractivity contribution in [2.45, 2.75) is 40.2 Å². The number of methoxy groups -OCH3 is 1. The van der Waals surface area contributed by atoms with Crippen molar-refractivity contribution in [2.75, 3.05) is 20.3 Å². The lowest BCUT2D eigenvalue weighted by atomic mass is 10.1. The Kier molecular flexibility index (Phi) is 7.34. The summed E-state index contributed by atoms with van der Waals surface area (Å²) < 4.78 is 11.2. The lowest BCUT2D eigenvalue weighted by molar-refractivity contribution is 0.279. The first-order valence-corrected chi connectivity index (χ1v) is 7.17. The molecule has 0 aliphatic carbocycles. The van der Waals surface area contributed by atoms with Crippen LogP contribution in [0.2, 0.25) is 0 Å². The molecule has 1 rings (SSSR count). The smallest absolute Gasteiger partial charge is 0.161 e. The Hall–Kier alpha value is -1.22. The van der Waals surface area contributed by atoms with Gasteiger partial charge in [-0.2, -0.15) is 0 Å². The van der Waals surface area contributed by atoms with Gasteiger partial charge in [-0.1, -0.05) is 26.8 Å². The summed E-state index contributed by atoms with van der Waals surface area (Å²) in [6.45, 7) is 9.15. The minimum Gasteiger partial charge on any atom is -0.493 e. The van der Waals surface area contributed by atoms with Gasteiger partial charge in [0.25, 0.3) is 0 Å². The number of hydrogen-bond acceptors (Lipinski definition) is 3. The number of rotatable bonds is 9. The minimum absolute atomic E-state index is 0.730. The van der Waals surface area contributed by atoms with E-state index >= 15 is 0 Å². The summed E-state index contributed by atoms with van der Waals surface area (Å²) in [5.74, 6) is 2.39. The molecular weight excluding hydrogens is 238 g/mol. The highest BCUT2D eigenvalue weighted by atomic mass is 16.5. The molecule has 0 radical (unpaired) electrons. The highest BCUT2D eigenvalue weighted by Gasteiger charge is 2.05. The van der Waals surface area contributed by atoms with Crippen molar-refractivity contribution in [1.82, 2.24) is 5.32 Å². The van der Waals surface area contributed by atoms with Crippen molar-refractivity contribution in [3.63, 3.8) is 0 Å². The fourth-order valence-electron chi connectivity index (χ4n) is 1.88.